The van der Waals surface area contributed by atoms with Gasteiger partial charge in [-0.15, -0.1) is 0 Å². The van der Waals surface area contributed by atoms with Gasteiger partial charge >= 0.3 is 0 Å². The summed E-state index contributed by atoms with van der Waals surface area (Å²) in [5, 5.41) is 2.96. The van der Waals surface area contributed by atoms with Crippen LogP contribution < -0.4 is 11.1 Å². The van der Waals surface area contributed by atoms with Crippen molar-refractivity contribution in [2.45, 2.75) is 25.0 Å². The van der Waals surface area contributed by atoms with Crippen LogP contribution in [-0.4, -0.2) is 38.8 Å². The molecule has 0 aliphatic carbocycles. The van der Waals surface area contributed by atoms with E-state index in [2.05, 4.69) is 24.1 Å². The van der Waals surface area contributed by atoms with Crippen molar-refractivity contribution in [1.82, 2.24) is 14.9 Å². The van der Waals surface area contributed by atoms with E-state index in [1.165, 1.54) is 6.20 Å². The Hall–Kier alpha value is -1.93. The van der Waals surface area contributed by atoms with Gasteiger partial charge in [0.25, 0.3) is 5.91 Å². The predicted octanol–water partition coefficient (Wildman–Crippen LogP) is 2.95. The highest BCUT2D eigenvalue weighted by atomic mass is 33.1. The zero-order chi connectivity index (χ0) is 19.3. The molecule has 0 fully saturated rings. The molecule has 0 unspecified atom stereocenters. The van der Waals surface area contributed by atoms with Crippen LogP contribution in [0.25, 0.3) is 0 Å². The SMILES string of the molecule is CSSC(C)(C)CNC(=O)c1cc(CC(=O)c2ccc(N)cn2)cn1C. The molecule has 0 atom stereocenters. The summed E-state index contributed by atoms with van der Waals surface area (Å²) in [4.78, 5) is 28.8. The van der Waals surface area contributed by atoms with Crippen LogP contribution >= 0.6 is 21.6 Å². The number of Topliss-reactive ketones (excluding diaryl/α,β-unsaturated/α-hetero) is 1. The number of hydrogen-bond acceptors (Lipinski definition) is 6. The van der Waals surface area contributed by atoms with Crippen LogP contribution in [0.1, 0.15) is 40.4 Å². The van der Waals surface area contributed by atoms with E-state index in [1.54, 1.807) is 57.6 Å². The Kier molecular flexibility index (Phi) is 6.77. The predicted molar refractivity (Wildman–Crippen MR) is 110 cm³/mol. The van der Waals surface area contributed by atoms with Gasteiger partial charge in [-0.2, -0.15) is 0 Å². The maximum Gasteiger partial charge on any atom is 0.267 e. The molecule has 2 rings (SSSR count). The van der Waals surface area contributed by atoms with Crippen molar-refractivity contribution in [2.24, 2.45) is 7.05 Å². The molecule has 0 saturated carbocycles. The number of pyridine rings is 1. The van der Waals surface area contributed by atoms with E-state index in [4.69, 9.17) is 5.73 Å². The van der Waals surface area contributed by atoms with Gasteiger partial charge in [0, 0.05) is 31.0 Å². The van der Waals surface area contributed by atoms with Crippen LogP contribution in [0.5, 0.6) is 0 Å². The van der Waals surface area contributed by atoms with Crippen LogP contribution in [0.15, 0.2) is 30.6 Å². The number of rotatable bonds is 8. The van der Waals surface area contributed by atoms with Gasteiger partial charge in [0.15, 0.2) is 5.78 Å². The van der Waals surface area contributed by atoms with E-state index in [1.807, 2.05) is 6.26 Å². The molecule has 0 aliphatic rings. The number of nitrogens with two attached hydrogens (primary N) is 1. The standard InChI is InChI=1S/C18H24N4O2S2/c1-18(2,26-25-4)11-21-17(24)15-7-12(10-22(15)3)8-16(23)14-6-5-13(19)9-20-14/h5-7,9-10H,8,11,19H2,1-4H3,(H,21,24). The fraction of sp³-hybridized carbons (Fsp3) is 0.389. The number of nitrogens with zero attached hydrogens (tertiary/aromatic N) is 2. The first-order chi connectivity index (χ1) is 12.2. The number of amides is 1. The lowest BCUT2D eigenvalue weighted by atomic mass is 10.1. The number of nitrogens with one attached hydrogen (secondary N) is 1. The zero-order valence-electron chi connectivity index (χ0n) is 15.4. The molecule has 6 nitrogen and oxygen atoms in total. The minimum absolute atomic E-state index is 0.0557. The van der Waals surface area contributed by atoms with Crippen LogP contribution in [0, 0.1) is 0 Å². The fourth-order valence-corrected chi connectivity index (χ4v) is 4.55. The molecule has 1 amide bonds. The van der Waals surface area contributed by atoms with Gasteiger partial charge in [0.05, 0.1) is 11.9 Å². The average molecular weight is 393 g/mol. The van der Waals surface area contributed by atoms with Gasteiger partial charge in [-0.25, -0.2) is 0 Å². The third kappa shape index (κ3) is 5.54. The van der Waals surface area contributed by atoms with Crippen LogP contribution in [-0.2, 0) is 13.5 Å². The summed E-state index contributed by atoms with van der Waals surface area (Å²) >= 11 is 0. The maximum atomic E-state index is 12.5. The van der Waals surface area contributed by atoms with Crippen molar-refractivity contribution < 1.29 is 9.59 Å². The molecule has 26 heavy (non-hydrogen) atoms. The molecule has 2 heterocycles. The Morgan fingerprint density at radius 2 is 2.08 bits per heavy atom. The molecule has 2 aromatic rings. The molecule has 0 aromatic carbocycles. The second kappa shape index (κ2) is 8.64. The van der Waals surface area contributed by atoms with Crippen molar-refractivity contribution in [3.63, 3.8) is 0 Å². The highest BCUT2D eigenvalue weighted by molar-refractivity contribution is 8.76. The quantitative estimate of drug-likeness (QED) is 0.530. The largest absolute Gasteiger partial charge is 0.397 e. The number of aromatic nitrogens is 2. The van der Waals surface area contributed by atoms with E-state index in [0.717, 1.165) is 5.56 Å². The van der Waals surface area contributed by atoms with E-state index in [-0.39, 0.29) is 22.9 Å². The van der Waals surface area contributed by atoms with Crippen LogP contribution in [0.2, 0.25) is 0 Å². The summed E-state index contributed by atoms with van der Waals surface area (Å²) in [6.45, 7) is 4.73. The second-order valence-electron chi connectivity index (χ2n) is 6.61. The summed E-state index contributed by atoms with van der Waals surface area (Å²) < 4.78 is 1.68. The molecule has 2 aromatic heterocycles. The summed E-state index contributed by atoms with van der Waals surface area (Å²) in [7, 11) is 5.20. The van der Waals surface area contributed by atoms with Gasteiger partial charge in [-0.05, 0) is 43.9 Å². The summed E-state index contributed by atoms with van der Waals surface area (Å²) in [6, 6.07) is 5.01. The summed E-state index contributed by atoms with van der Waals surface area (Å²) in [5.41, 5.74) is 7.78. The average Bonchev–Trinajstić information content (AvgIpc) is 2.93. The van der Waals surface area contributed by atoms with Crippen molar-refractivity contribution in [3.8, 4) is 0 Å². The zero-order valence-corrected chi connectivity index (χ0v) is 17.0. The first-order valence-corrected chi connectivity index (χ1v) is 10.7. The molecule has 0 saturated heterocycles. The second-order valence-corrected chi connectivity index (χ2v) is 9.72. The number of nitrogen functional groups attached to an aromatic ring is 1. The number of ketones is 1. The van der Waals surface area contributed by atoms with E-state index >= 15 is 0 Å². The Morgan fingerprint density at radius 1 is 1.35 bits per heavy atom. The molecule has 8 heteroatoms. The lowest BCUT2D eigenvalue weighted by Gasteiger charge is -2.22. The fourth-order valence-electron chi connectivity index (χ4n) is 2.44. The van der Waals surface area contributed by atoms with Gasteiger partial charge in [0.2, 0.25) is 0 Å². The van der Waals surface area contributed by atoms with E-state index in [9.17, 15) is 9.59 Å². The molecule has 3 N–H and O–H groups in total. The molecular formula is C18H24N4O2S2. The maximum absolute atomic E-state index is 12.5. The molecule has 0 spiro atoms. The van der Waals surface area contributed by atoms with Gasteiger partial charge in [-0.3, -0.25) is 14.6 Å². The molecule has 0 aliphatic heterocycles. The molecule has 0 bridgehead atoms. The van der Waals surface area contributed by atoms with Gasteiger partial charge < -0.3 is 15.6 Å². The smallest absolute Gasteiger partial charge is 0.267 e. The Labute approximate surface area is 161 Å². The summed E-state index contributed by atoms with van der Waals surface area (Å²) in [5.74, 6) is -0.258. The topological polar surface area (TPSA) is 90.0 Å². The van der Waals surface area contributed by atoms with Crippen LogP contribution in [0.3, 0.4) is 0 Å². The van der Waals surface area contributed by atoms with E-state index < -0.39 is 0 Å². The number of carbonyl (C=O) groups excluding carboxylic acids is 2. The molecule has 140 valence electrons. The highest BCUT2D eigenvalue weighted by Crippen LogP contribution is 2.32. The Morgan fingerprint density at radius 3 is 2.69 bits per heavy atom. The van der Waals surface area contributed by atoms with Crippen molar-refractivity contribution >= 4 is 39.0 Å². The third-order valence-electron chi connectivity index (χ3n) is 3.71. The highest BCUT2D eigenvalue weighted by Gasteiger charge is 2.21. The Balaban J connectivity index is 2.02. The minimum Gasteiger partial charge on any atom is -0.397 e. The molecular weight excluding hydrogens is 368 g/mol. The lowest BCUT2D eigenvalue weighted by Crippen LogP contribution is -2.36. The number of anilines is 1. The van der Waals surface area contributed by atoms with Gasteiger partial charge in [0.1, 0.15) is 11.4 Å². The lowest BCUT2D eigenvalue weighted by molar-refractivity contribution is 0.0941. The Bertz CT molecular complexity index is 785. The number of carbonyl (C=O) groups is 2. The number of aryl methyl sites for hydroxylation is 1. The first kappa shape index (κ1) is 20.4. The van der Waals surface area contributed by atoms with Crippen molar-refractivity contribution in [2.75, 3.05) is 18.5 Å². The number of hydrogen-bond donors (Lipinski definition) is 2. The first-order valence-electron chi connectivity index (χ1n) is 8.12. The van der Waals surface area contributed by atoms with Crippen LogP contribution in [0.4, 0.5) is 5.69 Å². The monoisotopic (exact) mass is 392 g/mol. The normalized spacial score (nSPS) is 11.4. The van der Waals surface area contributed by atoms with Gasteiger partial charge in [-0.1, -0.05) is 21.6 Å². The van der Waals surface area contributed by atoms with E-state index in [0.29, 0.717) is 23.6 Å². The molecule has 0 radical (unpaired) electrons. The van der Waals surface area contributed by atoms with Crippen molar-refractivity contribution in [1.29, 1.82) is 0 Å². The summed E-state index contributed by atoms with van der Waals surface area (Å²) in [6.07, 6.45) is 5.47. The minimum atomic E-state index is -0.147. The third-order valence-corrected chi connectivity index (χ3v) is 6.33. The van der Waals surface area contributed by atoms with Crippen molar-refractivity contribution in [3.05, 3.63) is 47.5 Å².